The van der Waals surface area contributed by atoms with E-state index in [2.05, 4.69) is 53.5 Å². The van der Waals surface area contributed by atoms with Crippen molar-refractivity contribution in [2.45, 2.75) is 70.6 Å². The Morgan fingerprint density at radius 1 is 0.956 bits per heavy atom. The molecule has 0 bridgehead atoms. The molecule has 0 unspecified atom stereocenters. The molecule has 0 amide bonds. The normalized spacial score (nSPS) is 12.1. The molecule has 8 heteroatoms. The topological polar surface area (TPSA) is 77.2 Å². The van der Waals surface area contributed by atoms with Crippen LogP contribution in [0.15, 0.2) is 84.0 Å². The minimum absolute atomic E-state index is 0.112. The SMILES string of the molecule is Cc1ccc(CCOc2ccc3c(c2)c(SC(C)(C)C)c(CC(C)(C)C(=O)O)n3Cc2ccc(-c3ccc(F)cn3)cc2)nc1. The number of halogens is 1. The van der Waals surface area contributed by atoms with Crippen LogP contribution in [-0.4, -0.2) is 37.0 Å². The zero-order chi connectivity index (χ0) is 32.4. The Morgan fingerprint density at radius 2 is 1.71 bits per heavy atom. The van der Waals surface area contributed by atoms with Crippen molar-refractivity contribution in [3.63, 3.8) is 0 Å². The number of carboxylic acids is 1. The lowest BCUT2D eigenvalue weighted by atomic mass is 9.88. The minimum atomic E-state index is -0.974. The summed E-state index contributed by atoms with van der Waals surface area (Å²) in [7, 11) is 0. The van der Waals surface area contributed by atoms with Gasteiger partial charge in [-0.25, -0.2) is 4.39 Å². The number of hydrogen-bond donors (Lipinski definition) is 1. The Balaban J connectivity index is 1.53. The van der Waals surface area contributed by atoms with Crippen LogP contribution in [0, 0.1) is 18.2 Å². The summed E-state index contributed by atoms with van der Waals surface area (Å²) in [5, 5.41) is 11.2. The van der Waals surface area contributed by atoms with Crippen LogP contribution >= 0.6 is 11.8 Å². The minimum Gasteiger partial charge on any atom is -0.493 e. The number of aromatic nitrogens is 3. The lowest BCUT2D eigenvalue weighted by molar-refractivity contribution is -0.146. The second-order valence-corrected chi connectivity index (χ2v) is 14.9. The largest absolute Gasteiger partial charge is 0.493 e. The van der Waals surface area contributed by atoms with Crippen LogP contribution in [-0.2, 0) is 24.2 Å². The highest BCUT2D eigenvalue weighted by atomic mass is 32.2. The van der Waals surface area contributed by atoms with E-state index in [1.807, 2.05) is 49.5 Å². The molecule has 0 aliphatic carbocycles. The summed E-state index contributed by atoms with van der Waals surface area (Å²) in [6.07, 6.45) is 4.15. The van der Waals surface area contributed by atoms with Crippen molar-refractivity contribution in [2.75, 3.05) is 6.61 Å². The average molecular weight is 626 g/mol. The molecule has 0 saturated carbocycles. The Kier molecular flexibility index (Phi) is 9.35. The van der Waals surface area contributed by atoms with Gasteiger partial charge in [-0.15, -0.1) is 11.8 Å². The molecule has 1 N–H and O–H groups in total. The molecule has 5 aromatic rings. The Hall–Kier alpha value is -4.17. The second kappa shape index (κ2) is 13.1. The molecule has 5 rings (SSSR count). The second-order valence-electron chi connectivity index (χ2n) is 13.1. The summed E-state index contributed by atoms with van der Waals surface area (Å²) in [6, 6.07) is 21.4. The van der Waals surface area contributed by atoms with Crippen molar-refractivity contribution in [2.24, 2.45) is 5.41 Å². The van der Waals surface area contributed by atoms with Gasteiger partial charge >= 0.3 is 5.97 Å². The van der Waals surface area contributed by atoms with Crippen LogP contribution in [0.4, 0.5) is 4.39 Å². The third-order valence-electron chi connectivity index (χ3n) is 7.61. The molecule has 3 heterocycles. The molecule has 0 atom stereocenters. The number of carbonyl (C=O) groups is 1. The van der Waals surface area contributed by atoms with Crippen LogP contribution in [0.2, 0.25) is 0 Å². The zero-order valence-electron chi connectivity index (χ0n) is 26.7. The van der Waals surface area contributed by atoms with E-state index in [-0.39, 0.29) is 10.6 Å². The van der Waals surface area contributed by atoms with Gasteiger partial charge in [0.2, 0.25) is 0 Å². The van der Waals surface area contributed by atoms with Crippen LogP contribution in [0.1, 0.15) is 57.1 Å². The Morgan fingerprint density at radius 3 is 2.33 bits per heavy atom. The number of aliphatic carboxylic acids is 1. The van der Waals surface area contributed by atoms with E-state index in [0.29, 0.717) is 31.7 Å². The molecular formula is C37H40FN3O3S. The number of hydrogen-bond acceptors (Lipinski definition) is 5. The van der Waals surface area contributed by atoms with E-state index in [4.69, 9.17) is 4.74 Å². The van der Waals surface area contributed by atoms with Crippen LogP contribution in [0.5, 0.6) is 5.75 Å². The predicted molar refractivity (Wildman–Crippen MR) is 180 cm³/mol. The number of carboxylic acid groups (broad SMARTS) is 1. The third-order valence-corrected chi connectivity index (χ3v) is 8.88. The molecule has 0 radical (unpaired) electrons. The average Bonchev–Trinajstić information content (AvgIpc) is 3.24. The summed E-state index contributed by atoms with van der Waals surface area (Å²) in [5.74, 6) is -0.439. The van der Waals surface area contributed by atoms with Gasteiger partial charge in [-0.1, -0.05) is 51.1 Å². The molecular weight excluding hydrogens is 585 g/mol. The van der Waals surface area contributed by atoms with E-state index in [1.54, 1.807) is 31.7 Å². The molecule has 6 nitrogen and oxygen atoms in total. The lowest BCUT2D eigenvalue weighted by Crippen LogP contribution is -2.28. The van der Waals surface area contributed by atoms with Crippen molar-refractivity contribution >= 4 is 28.6 Å². The zero-order valence-corrected chi connectivity index (χ0v) is 27.5. The number of thioether (sulfide) groups is 1. The van der Waals surface area contributed by atoms with Crippen LogP contribution in [0.25, 0.3) is 22.2 Å². The molecule has 0 spiro atoms. The molecule has 234 valence electrons. The van der Waals surface area contributed by atoms with E-state index in [9.17, 15) is 14.3 Å². The van der Waals surface area contributed by atoms with E-state index in [0.717, 1.165) is 49.6 Å². The quantitative estimate of drug-likeness (QED) is 0.148. The number of fused-ring (bicyclic) bond motifs is 1. The molecule has 3 aromatic heterocycles. The Labute approximate surface area is 268 Å². The fourth-order valence-electron chi connectivity index (χ4n) is 5.15. The number of ether oxygens (including phenoxy) is 1. The highest BCUT2D eigenvalue weighted by Crippen LogP contribution is 2.44. The van der Waals surface area contributed by atoms with Crippen molar-refractivity contribution in [1.82, 2.24) is 14.5 Å². The standard InChI is InChI=1S/C37H40FN3O3S/c1-24-7-13-28(39-21-24)17-18-44-29-14-16-32-30(19-29)34(45-36(2,3)4)33(20-37(5,6)35(42)43)41(32)23-25-8-10-26(11-9-25)31-15-12-27(38)22-40-31/h7-16,19,21-22H,17-18,20,23H2,1-6H3,(H,42,43). The summed E-state index contributed by atoms with van der Waals surface area (Å²) in [5.41, 5.74) is 5.81. The van der Waals surface area contributed by atoms with Crippen molar-refractivity contribution in [3.05, 3.63) is 107 Å². The first-order chi connectivity index (χ1) is 21.3. The summed E-state index contributed by atoms with van der Waals surface area (Å²) < 4.78 is 21.8. The van der Waals surface area contributed by atoms with Crippen molar-refractivity contribution in [1.29, 1.82) is 0 Å². The molecule has 2 aromatic carbocycles. The van der Waals surface area contributed by atoms with Gasteiger partial charge in [-0.3, -0.25) is 14.8 Å². The monoisotopic (exact) mass is 625 g/mol. The first-order valence-electron chi connectivity index (χ1n) is 15.1. The summed E-state index contributed by atoms with van der Waals surface area (Å²) >= 11 is 1.75. The number of aryl methyl sites for hydroxylation is 1. The maximum atomic E-state index is 13.4. The van der Waals surface area contributed by atoms with Gasteiger partial charge in [0, 0.05) is 63.1 Å². The van der Waals surface area contributed by atoms with Gasteiger partial charge in [0.25, 0.3) is 0 Å². The smallest absolute Gasteiger partial charge is 0.309 e. The van der Waals surface area contributed by atoms with Gasteiger partial charge in [-0.2, -0.15) is 0 Å². The first-order valence-corrected chi connectivity index (χ1v) is 15.9. The van der Waals surface area contributed by atoms with Crippen molar-refractivity contribution < 1.29 is 19.0 Å². The fourth-order valence-corrected chi connectivity index (χ4v) is 6.33. The van der Waals surface area contributed by atoms with Crippen LogP contribution in [0.3, 0.4) is 0 Å². The van der Waals surface area contributed by atoms with E-state index in [1.165, 1.54) is 12.3 Å². The van der Waals surface area contributed by atoms with Crippen LogP contribution < -0.4 is 4.74 Å². The lowest BCUT2D eigenvalue weighted by Gasteiger charge is -2.24. The molecule has 0 saturated heterocycles. The maximum absolute atomic E-state index is 13.4. The van der Waals surface area contributed by atoms with Gasteiger partial charge in [-0.05, 0) is 68.3 Å². The molecule has 0 aliphatic heterocycles. The van der Waals surface area contributed by atoms with E-state index < -0.39 is 11.4 Å². The molecule has 0 fully saturated rings. The Bertz CT molecular complexity index is 1790. The maximum Gasteiger partial charge on any atom is 0.309 e. The fraction of sp³-hybridized carbons (Fsp3) is 0.324. The van der Waals surface area contributed by atoms with Gasteiger partial charge in [0.1, 0.15) is 11.6 Å². The van der Waals surface area contributed by atoms with Crippen molar-refractivity contribution in [3.8, 4) is 17.0 Å². The number of benzene rings is 2. The number of pyridine rings is 2. The van der Waals surface area contributed by atoms with Gasteiger partial charge in [0.05, 0.1) is 23.9 Å². The van der Waals surface area contributed by atoms with E-state index >= 15 is 0 Å². The third kappa shape index (κ3) is 7.92. The number of rotatable bonds is 11. The van der Waals surface area contributed by atoms with Gasteiger partial charge < -0.3 is 14.4 Å². The highest BCUT2D eigenvalue weighted by molar-refractivity contribution is 8.00. The highest BCUT2D eigenvalue weighted by Gasteiger charge is 2.33. The predicted octanol–water partition coefficient (Wildman–Crippen LogP) is 8.76. The number of nitrogens with zero attached hydrogens (tertiary/aromatic N) is 3. The first kappa shape index (κ1) is 32.2. The molecule has 0 aliphatic rings. The summed E-state index contributed by atoms with van der Waals surface area (Å²) in [6.45, 7) is 13.1. The van der Waals surface area contributed by atoms with Gasteiger partial charge in [0.15, 0.2) is 0 Å². The molecule has 45 heavy (non-hydrogen) atoms. The summed E-state index contributed by atoms with van der Waals surface area (Å²) in [4.78, 5) is 22.1.